The molecule has 3 rings (SSSR count). The summed E-state index contributed by atoms with van der Waals surface area (Å²) in [6.07, 6.45) is 2.22. The van der Waals surface area contributed by atoms with Crippen LogP contribution in [0.15, 0.2) is 33.9 Å². The van der Waals surface area contributed by atoms with Gasteiger partial charge in [-0.3, -0.25) is 23.9 Å². The molecule has 7 heteroatoms. The molecule has 1 N–H and O–H groups in total. The van der Waals surface area contributed by atoms with Crippen molar-refractivity contribution in [3.8, 4) is 0 Å². The van der Waals surface area contributed by atoms with E-state index >= 15 is 0 Å². The summed E-state index contributed by atoms with van der Waals surface area (Å²) in [4.78, 5) is 39.2. The zero-order valence-electron chi connectivity index (χ0n) is 14.7. The van der Waals surface area contributed by atoms with Crippen LogP contribution in [0.5, 0.6) is 0 Å². The molecule has 25 heavy (non-hydrogen) atoms. The lowest BCUT2D eigenvalue weighted by molar-refractivity contribution is -0.121. The highest BCUT2D eigenvalue weighted by Gasteiger charge is 2.23. The Balaban J connectivity index is 1.80. The van der Waals surface area contributed by atoms with Crippen LogP contribution in [0.25, 0.3) is 11.0 Å². The van der Waals surface area contributed by atoms with E-state index in [0.29, 0.717) is 23.6 Å². The van der Waals surface area contributed by atoms with Gasteiger partial charge in [0, 0.05) is 19.6 Å². The van der Waals surface area contributed by atoms with Crippen molar-refractivity contribution in [2.45, 2.75) is 32.4 Å². The van der Waals surface area contributed by atoms with Gasteiger partial charge in [-0.25, -0.2) is 0 Å². The zero-order valence-corrected chi connectivity index (χ0v) is 14.7. The number of hydrogen-bond donors (Lipinski definition) is 1. The molecule has 1 amide bonds. The smallest absolute Gasteiger partial charge is 0.317 e. The standard InChI is InChI=1S/C18H24N4O3/c1-3-21-10-6-7-13(21)11-19-16(23)12-22-15-9-5-4-8-14(15)20(2)17(24)18(22)25/h4-5,8-9,13H,3,6-7,10-12H2,1-2H3,(H,19,23). The van der Waals surface area contributed by atoms with Crippen LogP contribution in [0.4, 0.5) is 0 Å². The molecule has 0 radical (unpaired) electrons. The van der Waals surface area contributed by atoms with Crippen molar-refractivity contribution in [3.63, 3.8) is 0 Å². The summed E-state index contributed by atoms with van der Waals surface area (Å²) in [5.74, 6) is -0.247. The third-order valence-corrected chi connectivity index (χ3v) is 5.01. The molecule has 0 bridgehead atoms. The van der Waals surface area contributed by atoms with Gasteiger partial charge in [0.1, 0.15) is 6.54 Å². The van der Waals surface area contributed by atoms with Gasteiger partial charge in [0.25, 0.3) is 0 Å². The Morgan fingerprint density at radius 3 is 2.64 bits per heavy atom. The van der Waals surface area contributed by atoms with Crippen molar-refractivity contribution in [1.29, 1.82) is 0 Å². The minimum atomic E-state index is -0.674. The molecule has 1 fully saturated rings. The number of likely N-dealkylation sites (N-methyl/N-ethyl adjacent to an activating group) is 1. The van der Waals surface area contributed by atoms with Gasteiger partial charge in [-0.1, -0.05) is 19.1 Å². The lowest BCUT2D eigenvalue weighted by Gasteiger charge is -2.23. The Hall–Kier alpha value is -2.41. The lowest BCUT2D eigenvalue weighted by atomic mass is 10.2. The molecule has 1 unspecified atom stereocenters. The van der Waals surface area contributed by atoms with Crippen LogP contribution in [-0.4, -0.2) is 45.6 Å². The summed E-state index contributed by atoms with van der Waals surface area (Å²) in [6, 6.07) is 7.46. The Labute approximate surface area is 145 Å². The summed E-state index contributed by atoms with van der Waals surface area (Å²) in [7, 11) is 1.57. The van der Waals surface area contributed by atoms with Gasteiger partial charge < -0.3 is 9.88 Å². The molecule has 7 nitrogen and oxygen atoms in total. The van der Waals surface area contributed by atoms with Crippen LogP contribution in [0.2, 0.25) is 0 Å². The fourth-order valence-electron chi connectivity index (χ4n) is 3.58. The first kappa shape index (κ1) is 17.4. The number of para-hydroxylation sites is 2. The third kappa shape index (κ3) is 3.37. The number of fused-ring (bicyclic) bond motifs is 1. The number of nitrogens with zero attached hydrogens (tertiary/aromatic N) is 3. The van der Waals surface area contributed by atoms with Crippen molar-refractivity contribution >= 4 is 16.9 Å². The topological polar surface area (TPSA) is 76.3 Å². The molecule has 1 aliphatic heterocycles. The monoisotopic (exact) mass is 344 g/mol. The SMILES string of the molecule is CCN1CCCC1CNC(=O)Cn1c(=O)c(=O)n(C)c2ccccc21. The maximum Gasteiger partial charge on any atom is 0.317 e. The number of rotatable bonds is 5. The van der Waals surface area contributed by atoms with E-state index in [1.807, 2.05) is 0 Å². The van der Waals surface area contributed by atoms with Crippen molar-refractivity contribution in [2.75, 3.05) is 19.6 Å². The number of amides is 1. The number of carbonyl (C=O) groups excluding carboxylic acids is 1. The molecule has 1 aromatic carbocycles. The van der Waals surface area contributed by atoms with E-state index in [-0.39, 0.29) is 12.5 Å². The molecule has 0 aliphatic carbocycles. The maximum atomic E-state index is 12.4. The zero-order chi connectivity index (χ0) is 18.0. The number of hydrogen-bond acceptors (Lipinski definition) is 4. The van der Waals surface area contributed by atoms with Crippen LogP contribution in [-0.2, 0) is 18.4 Å². The lowest BCUT2D eigenvalue weighted by Crippen LogP contribution is -2.45. The highest BCUT2D eigenvalue weighted by Crippen LogP contribution is 2.15. The number of benzene rings is 1. The van der Waals surface area contributed by atoms with Gasteiger partial charge in [-0.15, -0.1) is 0 Å². The van der Waals surface area contributed by atoms with Gasteiger partial charge >= 0.3 is 11.1 Å². The summed E-state index contributed by atoms with van der Waals surface area (Å²) in [6.45, 7) is 4.58. The van der Waals surface area contributed by atoms with E-state index in [4.69, 9.17) is 0 Å². The van der Waals surface area contributed by atoms with Crippen LogP contribution in [0.3, 0.4) is 0 Å². The Morgan fingerprint density at radius 2 is 1.92 bits per heavy atom. The minimum absolute atomic E-state index is 0.145. The molecular weight excluding hydrogens is 320 g/mol. The van der Waals surface area contributed by atoms with Gasteiger partial charge in [0.2, 0.25) is 5.91 Å². The Kier molecular flexibility index (Phi) is 5.03. The molecule has 0 saturated carbocycles. The summed E-state index contributed by atoms with van der Waals surface area (Å²) in [5.41, 5.74) is -0.0829. The average Bonchev–Trinajstić information content (AvgIpc) is 3.09. The third-order valence-electron chi connectivity index (χ3n) is 5.01. The van der Waals surface area contributed by atoms with E-state index in [2.05, 4.69) is 17.1 Å². The van der Waals surface area contributed by atoms with E-state index in [1.165, 1.54) is 9.13 Å². The number of aryl methyl sites for hydroxylation is 1. The first-order chi connectivity index (χ1) is 12.0. The molecule has 2 aromatic rings. The largest absolute Gasteiger partial charge is 0.353 e. The van der Waals surface area contributed by atoms with Gasteiger partial charge in [0.05, 0.1) is 11.0 Å². The molecule has 0 spiro atoms. The van der Waals surface area contributed by atoms with Gasteiger partial charge in [-0.2, -0.15) is 0 Å². The second-order valence-electron chi connectivity index (χ2n) is 6.47. The van der Waals surface area contributed by atoms with E-state index in [9.17, 15) is 14.4 Å². The van der Waals surface area contributed by atoms with Crippen molar-refractivity contribution < 1.29 is 4.79 Å². The second kappa shape index (κ2) is 7.23. The van der Waals surface area contributed by atoms with Crippen molar-refractivity contribution in [1.82, 2.24) is 19.4 Å². The maximum absolute atomic E-state index is 12.4. The number of likely N-dealkylation sites (tertiary alicyclic amines) is 1. The second-order valence-corrected chi connectivity index (χ2v) is 6.47. The van der Waals surface area contributed by atoms with Crippen LogP contribution in [0, 0.1) is 0 Å². The predicted molar refractivity (Wildman–Crippen MR) is 96.7 cm³/mol. The quantitative estimate of drug-likeness (QED) is 0.792. The highest BCUT2D eigenvalue weighted by atomic mass is 16.2. The Morgan fingerprint density at radius 1 is 1.20 bits per heavy atom. The van der Waals surface area contributed by atoms with Crippen molar-refractivity contribution in [2.24, 2.45) is 7.05 Å². The first-order valence-electron chi connectivity index (χ1n) is 8.72. The van der Waals surface area contributed by atoms with Gasteiger partial charge in [0.15, 0.2) is 0 Å². The molecule has 1 aliphatic rings. The van der Waals surface area contributed by atoms with Crippen LogP contribution in [0.1, 0.15) is 19.8 Å². The minimum Gasteiger partial charge on any atom is -0.353 e. The summed E-state index contributed by atoms with van der Waals surface area (Å²) in [5, 5.41) is 2.91. The number of carbonyl (C=O) groups is 1. The molecular formula is C18H24N4O3. The molecule has 1 saturated heterocycles. The van der Waals surface area contributed by atoms with E-state index in [1.54, 1.807) is 31.3 Å². The van der Waals surface area contributed by atoms with Crippen LogP contribution < -0.4 is 16.4 Å². The highest BCUT2D eigenvalue weighted by molar-refractivity contribution is 5.80. The molecule has 2 heterocycles. The fraction of sp³-hybridized carbons (Fsp3) is 0.500. The number of nitrogens with one attached hydrogen (secondary N) is 1. The number of aromatic nitrogens is 2. The predicted octanol–water partition coefficient (Wildman–Crippen LogP) is 0.301. The molecule has 134 valence electrons. The van der Waals surface area contributed by atoms with Crippen molar-refractivity contribution in [3.05, 3.63) is 45.0 Å². The van der Waals surface area contributed by atoms with Crippen LogP contribution >= 0.6 is 0 Å². The Bertz CT molecular complexity index is 899. The van der Waals surface area contributed by atoms with E-state index in [0.717, 1.165) is 25.9 Å². The fourth-order valence-corrected chi connectivity index (χ4v) is 3.58. The molecule has 1 aromatic heterocycles. The first-order valence-corrected chi connectivity index (χ1v) is 8.72. The molecule has 1 atom stereocenters. The summed E-state index contributed by atoms with van der Waals surface area (Å²) >= 11 is 0. The average molecular weight is 344 g/mol. The summed E-state index contributed by atoms with van der Waals surface area (Å²) < 4.78 is 2.59. The van der Waals surface area contributed by atoms with E-state index < -0.39 is 11.1 Å². The normalized spacial score (nSPS) is 17.9. The van der Waals surface area contributed by atoms with Gasteiger partial charge in [-0.05, 0) is 38.1 Å².